The van der Waals surface area contributed by atoms with Crippen molar-refractivity contribution < 1.29 is 4.79 Å². The summed E-state index contributed by atoms with van der Waals surface area (Å²) in [6.07, 6.45) is 2.47. The molecule has 0 saturated carbocycles. The largest absolute Gasteiger partial charge is 0.399 e. The monoisotopic (exact) mass is 337 g/mol. The van der Waals surface area contributed by atoms with Crippen LogP contribution in [-0.2, 0) is 6.42 Å². The summed E-state index contributed by atoms with van der Waals surface area (Å²) in [5.74, 6) is -0.103. The van der Waals surface area contributed by atoms with Gasteiger partial charge in [-0.1, -0.05) is 12.1 Å². The van der Waals surface area contributed by atoms with Crippen LogP contribution in [0, 0.1) is 6.92 Å². The van der Waals surface area contributed by atoms with Crippen molar-refractivity contribution in [3.05, 3.63) is 53.3 Å². The summed E-state index contributed by atoms with van der Waals surface area (Å²) in [4.78, 5) is 17.2. The van der Waals surface area contributed by atoms with E-state index in [1.54, 1.807) is 6.20 Å². The number of aromatic nitrogens is 3. The number of rotatable bonds is 5. The van der Waals surface area contributed by atoms with Crippen LogP contribution in [0.15, 0.2) is 36.5 Å². The summed E-state index contributed by atoms with van der Waals surface area (Å²) in [5, 5.41) is 8.14. The number of carbonyl (C=O) groups is 1. The molecule has 1 amide bonds. The zero-order chi connectivity index (χ0) is 18.0. The molecule has 130 valence electrons. The fraction of sp³-hybridized carbons (Fsp3) is 0.316. The van der Waals surface area contributed by atoms with Gasteiger partial charge in [0.25, 0.3) is 5.91 Å². The molecule has 1 aromatic carbocycles. The molecular formula is C19H23N5O. The normalized spacial score (nSPS) is 11.2. The van der Waals surface area contributed by atoms with E-state index in [4.69, 9.17) is 5.73 Å². The van der Waals surface area contributed by atoms with Crippen molar-refractivity contribution in [1.82, 2.24) is 20.1 Å². The average molecular weight is 337 g/mol. The molecule has 0 atom stereocenters. The topological polar surface area (TPSA) is 85.8 Å². The average Bonchev–Trinajstić information content (AvgIpc) is 2.99. The third-order valence-corrected chi connectivity index (χ3v) is 4.11. The zero-order valence-corrected chi connectivity index (χ0v) is 14.8. The number of nitrogens with two attached hydrogens (primary N) is 1. The second-order valence-corrected chi connectivity index (χ2v) is 6.48. The Kier molecular flexibility index (Phi) is 4.70. The Morgan fingerprint density at radius 2 is 2.00 bits per heavy atom. The standard InChI is InChI=1S/C19H23N5O/c1-12(2)24-18-17(11-22-24)16(10-13(3)23-18)19(25)21-9-8-14-4-6-15(20)7-5-14/h4-7,10-12H,8-9,20H2,1-3H3,(H,21,25). The molecule has 0 saturated heterocycles. The number of amides is 1. The van der Waals surface area contributed by atoms with Gasteiger partial charge in [0.15, 0.2) is 5.65 Å². The van der Waals surface area contributed by atoms with Gasteiger partial charge in [-0.2, -0.15) is 5.10 Å². The molecule has 0 aliphatic rings. The van der Waals surface area contributed by atoms with Crippen LogP contribution >= 0.6 is 0 Å². The van der Waals surface area contributed by atoms with Gasteiger partial charge in [-0.3, -0.25) is 4.79 Å². The van der Waals surface area contributed by atoms with Crippen molar-refractivity contribution in [2.24, 2.45) is 0 Å². The second-order valence-electron chi connectivity index (χ2n) is 6.48. The molecule has 6 heteroatoms. The Bertz CT molecular complexity index is 896. The summed E-state index contributed by atoms with van der Waals surface area (Å²) in [6, 6.07) is 9.69. The van der Waals surface area contributed by atoms with Gasteiger partial charge in [-0.25, -0.2) is 9.67 Å². The molecule has 3 rings (SSSR count). The highest BCUT2D eigenvalue weighted by molar-refractivity contribution is 6.05. The molecule has 0 fully saturated rings. The van der Waals surface area contributed by atoms with E-state index in [-0.39, 0.29) is 11.9 Å². The minimum atomic E-state index is -0.103. The first kappa shape index (κ1) is 17.0. The molecule has 0 aliphatic heterocycles. The van der Waals surface area contributed by atoms with Gasteiger partial charge in [0.05, 0.1) is 17.1 Å². The maximum absolute atomic E-state index is 12.6. The smallest absolute Gasteiger partial charge is 0.252 e. The van der Waals surface area contributed by atoms with E-state index < -0.39 is 0 Å². The van der Waals surface area contributed by atoms with E-state index in [1.807, 2.05) is 55.8 Å². The van der Waals surface area contributed by atoms with Gasteiger partial charge in [0.1, 0.15) is 0 Å². The van der Waals surface area contributed by atoms with Gasteiger partial charge in [-0.05, 0) is 51.0 Å². The molecule has 0 spiro atoms. The lowest BCUT2D eigenvalue weighted by Gasteiger charge is -2.09. The van der Waals surface area contributed by atoms with Crippen molar-refractivity contribution in [1.29, 1.82) is 0 Å². The molecule has 0 unspecified atom stereocenters. The number of benzene rings is 1. The molecular weight excluding hydrogens is 314 g/mol. The van der Waals surface area contributed by atoms with Crippen molar-refractivity contribution in [2.45, 2.75) is 33.2 Å². The quantitative estimate of drug-likeness (QED) is 0.701. The van der Waals surface area contributed by atoms with E-state index in [1.165, 1.54) is 0 Å². The Labute approximate surface area is 147 Å². The summed E-state index contributed by atoms with van der Waals surface area (Å²) < 4.78 is 1.84. The number of fused-ring (bicyclic) bond motifs is 1. The second kappa shape index (κ2) is 6.93. The lowest BCUT2D eigenvalue weighted by molar-refractivity contribution is 0.0955. The lowest BCUT2D eigenvalue weighted by atomic mass is 10.1. The molecule has 0 radical (unpaired) electrons. The third-order valence-electron chi connectivity index (χ3n) is 4.11. The fourth-order valence-corrected chi connectivity index (χ4v) is 2.81. The molecule has 3 aromatic rings. The maximum Gasteiger partial charge on any atom is 0.252 e. The van der Waals surface area contributed by atoms with E-state index in [0.717, 1.165) is 34.4 Å². The highest BCUT2D eigenvalue weighted by Gasteiger charge is 2.16. The first-order valence-electron chi connectivity index (χ1n) is 8.43. The van der Waals surface area contributed by atoms with E-state index in [9.17, 15) is 4.79 Å². The van der Waals surface area contributed by atoms with Gasteiger partial charge < -0.3 is 11.1 Å². The van der Waals surface area contributed by atoms with Gasteiger partial charge in [0.2, 0.25) is 0 Å². The molecule has 0 aliphatic carbocycles. The van der Waals surface area contributed by atoms with Gasteiger partial charge in [0, 0.05) is 24.0 Å². The van der Waals surface area contributed by atoms with Crippen LogP contribution in [0.4, 0.5) is 5.69 Å². The van der Waals surface area contributed by atoms with Crippen molar-refractivity contribution in [2.75, 3.05) is 12.3 Å². The van der Waals surface area contributed by atoms with Crippen LogP contribution in [0.1, 0.15) is 41.5 Å². The number of nitrogens with one attached hydrogen (secondary N) is 1. The first-order valence-corrected chi connectivity index (χ1v) is 8.43. The van der Waals surface area contributed by atoms with E-state index in [2.05, 4.69) is 15.4 Å². The van der Waals surface area contributed by atoms with Crippen LogP contribution in [0.25, 0.3) is 11.0 Å². The van der Waals surface area contributed by atoms with Crippen LogP contribution in [0.2, 0.25) is 0 Å². The number of hydrogen-bond donors (Lipinski definition) is 2. The van der Waals surface area contributed by atoms with E-state index >= 15 is 0 Å². The minimum Gasteiger partial charge on any atom is -0.399 e. The predicted octanol–water partition coefficient (Wildman–Crippen LogP) is 2.88. The van der Waals surface area contributed by atoms with Crippen molar-refractivity contribution in [3.63, 3.8) is 0 Å². The Hall–Kier alpha value is -2.89. The number of nitrogen functional groups attached to an aromatic ring is 1. The van der Waals surface area contributed by atoms with E-state index in [0.29, 0.717) is 12.1 Å². The Morgan fingerprint density at radius 3 is 2.68 bits per heavy atom. The Morgan fingerprint density at radius 1 is 1.28 bits per heavy atom. The number of nitrogens with zero attached hydrogens (tertiary/aromatic N) is 3. The number of hydrogen-bond acceptors (Lipinski definition) is 4. The van der Waals surface area contributed by atoms with Crippen LogP contribution in [0.3, 0.4) is 0 Å². The van der Waals surface area contributed by atoms with Crippen LogP contribution < -0.4 is 11.1 Å². The molecule has 3 N–H and O–H groups in total. The summed E-state index contributed by atoms with van der Waals surface area (Å²) in [6.45, 7) is 6.54. The summed E-state index contributed by atoms with van der Waals surface area (Å²) in [5.41, 5.74) is 9.73. The number of pyridine rings is 1. The SMILES string of the molecule is Cc1cc(C(=O)NCCc2ccc(N)cc2)c2cnn(C(C)C)c2n1. The molecule has 2 heterocycles. The lowest BCUT2D eigenvalue weighted by Crippen LogP contribution is -2.26. The molecule has 6 nitrogen and oxygen atoms in total. The fourth-order valence-electron chi connectivity index (χ4n) is 2.81. The number of aryl methyl sites for hydroxylation is 1. The highest BCUT2D eigenvalue weighted by atomic mass is 16.1. The summed E-state index contributed by atoms with van der Waals surface area (Å²) in [7, 11) is 0. The van der Waals surface area contributed by atoms with Crippen LogP contribution in [0.5, 0.6) is 0 Å². The first-order chi connectivity index (χ1) is 12.0. The molecule has 0 bridgehead atoms. The Balaban J connectivity index is 1.76. The van der Waals surface area contributed by atoms with Gasteiger partial charge >= 0.3 is 0 Å². The predicted molar refractivity (Wildman–Crippen MR) is 99.5 cm³/mol. The maximum atomic E-state index is 12.6. The molecule has 2 aromatic heterocycles. The van der Waals surface area contributed by atoms with Crippen molar-refractivity contribution >= 4 is 22.6 Å². The summed E-state index contributed by atoms with van der Waals surface area (Å²) >= 11 is 0. The number of anilines is 1. The van der Waals surface area contributed by atoms with Gasteiger partial charge in [-0.15, -0.1) is 0 Å². The minimum absolute atomic E-state index is 0.103. The third kappa shape index (κ3) is 3.63. The highest BCUT2D eigenvalue weighted by Crippen LogP contribution is 2.21. The molecule has 25 heavy (non-hydrogen) atoms. The zero-order valence-electron chi connectivity index (χ0n) is 14.8. The van der Waals surface area contributed by atoms with Crippen molar-refractivity contribution in [3.8, 4) is 0 Å². The van der Waals surface area contributed by atoms with Crippen LogP contribution in [-0.4, -0.2) is 27.2 Å². The number of carbonyl (C=O) groups excluding carboxylic acids is 1.